The molecule has 3 N–H and O–H groups in total. The maximum atomic E-state index is 11.6. The zero-order valence-corrected chi connectivity index (χ0v) is 12.8. The minimum atomic E-state index is -1.33. The molecule has 0 saturated carbocycles. The van der Waals surface area contributed by atoms with Gasteiger partial charge in [-0.2, -0.15) is 0 Å². The topological polar surface area (TPSA) is 105 Å². The number of amides is 2. The summed E-state index contributed by atoms with van der Waals surface area (Å²) >= 11 is 3.30. The molecule has 0 radical (unpaired) electrons. The largest absolute Gasteiger partial charge is 0.480 e. The van der Waals surface area contributed by atoms with Gasteiger partial charge in [-0.25, -0.2) is 9.59 Å². The standard InChI is InChI=1S/C13H15BrN2O5/c1-21-11(17)6-10(12(18)19)16-13(20)15-7-8-2-4-9(14)5-3-8/h2-5,10H,6-7H2,1H3,(H,18,19)(H2,15,16,20)/t10-/m0/s1. The summed E-state index contributed by atoms with van der Waals surface area (Å²) in [5.74, 6) is -2.02. The van der Waals surface area contributed by atoms with Gasteiger partial charge in [-0.1, -0.05) is 28.1 Å². The van der Waals surface area contributed by atoms with Crippen LogP contribution in [0.1, 0.15) is 12.0 Å². The Morgan fingerprint density at radius 2 is 1.90 bits per heavy atom. The van der Waals surface area contributed by atoms with Crippen LogP contribution in [0.2, 0.25) is 0 Å². The molecule has 1 aromatic carbocycles. The first-order valence-electron chi connectivity index (χ1n) is 6.00. The number of esters is 1. The normalized spacial score (nSPS) is 11.3. The van der Waals surface area contributed by atoms with E-state index in [4.69, 9.17) is 5.11 Å². The maximum absolute atomic E-state index is 11.6. The van der Waals surface area contributed by atoms with Gasteiger partial charge in [0.2, 0.25) is 0 Å². The van der Waals surface area contributed by atoms with Gasteiger partial charge < -0.3 is 20.5 Å². The van der Waals surface area contributed by atoms with Gasteiger partial charge in [0.05, 0.1) is 13.5 Å². The molecule has 1 atom stereocenters. The Balaban J connectivity index is 2.48. The molecule has 0 spiro atoms. The SMILES string of the molecule is COC(=O)C[C@H](NC(=O)NCc1ccc(Br)cc1)C(=O)O. The molecule has 0 aliphatic rings. The van der Waals surface area contributed by atoms with Crippen LogP contribution in [0.15, 0.2) is 28.7 Å². The smallest absolute Gasteiger partial charge is 0.326 e. The van der Waals surface area contributed by atoms with Crippen LogP contribution in [0.25, 0.3) is 0 Å². The van der Waals surface area contributed by atoms with Crippen LogP contribution in [0.4, 0.5) is 4.79 Å². The molecule has 0 unspecified atom stereocenters. The summed E-state index contributed by atoms with van der Waals surface area (Å²) in [4.78, 5) is 33.6. The first-order chi connectivity index (χ1) is 9.92. The lowest BCUT2D eigenvalue weighted by molar-refractivity contribution is -0.147. The first kappa shape index (κ1) is 17.0. The van der Waals surface area contributed by atoms with Crippen molar-refractivity contribution in [3.63, 3.8) is 0 Å². The van der Waals surface area contributed by atoms with Crippen LogP contribution in [-0.4, -0.2) is 36.2 Å². The molecular weight excluding hydrogens is 344 g/mol. The van der Waals surface area contributed by atoms with E-state index in [1.807, 2.05) is 24.3 Å². The summed E-state index contributed by atoms with van der Waals surface area (Å²) in [6.07, 6.45) is -0.433. The molecule has 0 aliphatic carbocycles. The molecule has 2 amide bonds. The number of carbonyl (C=O) groups is 3. The van der Waals surface area contributed by atoms with E-state index in [1.54, 1.807) is 0 Å². The average Bonchev–Trinajstić information content (AvgIpc) is 2.45. The molecule has 1 aromatic rings. The van der Waals surface area contributed by atoms with E-state index in [0.29, 0.717) is 0 Å². The fourth-order valence-electron chi connectivity index (χ4n) is 1.44. The van der Waals surface area contributed by atoms with E-state index >= 15 is 0 Å². The lowest BCUT2D eigenvalue weighted by atomic mass is 10.2. The Labute approximate surface area is 129 Å². The number of carbonyl (C=O) groups excluding carboxylic acids is 2. The highest BCUT2D eigenvalue weighted by Crippen LogP contribution is 2.10. The van der Waals surface area contributed by atoms with Crippen molar-refractivity contribution < 1.29 is 24.2 Å². The number of hydrogen-bond acceptors (Lipinski definition) is 4. The number of nitrogens with one attached hydrogen (secondary N) is 2. The molecule has 0 aliphatic heterocycles. The highest BCUT2D eigenvalue weighted by atomic mass is 79.9. The molecule has 0 heterocycles. The number of methoxy groups -OCH3 is 1. The monoisotopic (exact) mass is 358 g/mol. The zero-order chi connectivity index (χ0) is 15.8. The van der Waals surface area contributed by atoms with Crippen molar-refractivity contribution in [1.29, 1.82) is 0 Å². The van der Waals surface area contributed by atoms with E-state index < -0.39 is 30.4 Å². The minimum absolute atomic E-state index is 0.240. The van der Waals surface area contributed by atoms with Crippen molar-refractivity contribution in [3.05, 3.63) is 34.3 Å². The molecule has 114 valence electrons. The molecule has 7 nitrogen and oxygen atoms in total. The third-order valence-corrected chi connectivity index (χ3v) is 3.10. The molecule has 1 rings (SSSR count). The van der Waals surface area contributed by atoms with Crippen molar-refractivity contribution in [2.24, 2.45) is 0 Å². The van der Waals surface area contributed by atoms with Gasteiger partial charge in [0.1, 0.15) is 6.04 Å². The molecule has 0 saturated heterocycles. The molecule has 8 heteroatoms. The molecule has 0 fully saturated rings. The zero-order valence-electron chi connectivity index (χ0n) is 11.3. The maximum Gasteiger partial charge on any atom is 0.326 e. The van der Waals surface area contributed by atoms with E-state index in [2.05, 4.69) is 31.3 Å². The summed E-state index contributed by atoms with van der Waals surface area (Å²) in [6, 6.07) is 5.27. The van der Waals surface area contributed by atoms with Crippen LogP contribution in [0.5, 0.6) is 0 Å². The van der Waals surface area contributed by atoms with Crippen molar-refractivity contribution in [2.45, 2.75) is 19.0 Å². The number of carboxylic acid groups (broad SMARTS) is 1. The number of urea groups is 1. The van der Waals surface area contributed by atoms with Crippen LogP contribution in [0, 0.1) is 0 Å². The van der Waals surface area contributed by atoms with Gasteiger partial charge in [-0.05, 0) is 17.7 Å². The third-order valence-electron chi connectivity index (χ3n) is 2.57. The summed E-state index contributed by atoms with van der Waals surface area (Å²) in [6.45, 7) is 0.240. The molecular formula is C13H15BrN2O5. The van der Waals surface area contributed by atoms with Crippen molar-refractivity contribution >= 4 is 33.9 Å². The number of hydrogen-bond donors (Lipinski definition) is 3. The minimum Gasteiger partial charge on any atom is -0.480 e. The second-order valence-corrected chi connectivity index (χ2v) is 5.04. The van der Waals surface area contributed by atoms with Crippen molar-refractivity contribution in [3.8, 4) is 0 Å². The number of carboxylic acids is 1. The van der Waals surface area contributed by atoms with E-state index in [-0.39, 0.29) is 6.54 Å². The Hall–Kier alpha value is -2.09. The van der Waals surface area contributed by atoms with Crippen LogP contribution < -0.4 is 10.6 Å². The highest BCUT2D eigenvalue weighted by molar-refractivity contribution is 9.10. The Morgan fingerprint density at radius 3 is 2.43 bits per heavy atom. The Morgan fingerprint density at radius 1 is 1.29 bits per heavy atom. The molecule has 0 bridgehead atoms. The third kappa shape index (κ3) is 6.26. The Kier molecular flexibility index (Phi) is 6.67. The van der Waals surface area contributed by atoms with Crippen molar-refractivity contribution in [1.82, 2.24) is 10.6 Å². The van der Waals surface area contributed by atoms with E-state index in [9.17, 15) is 14.4 Å². The van der Waals surface area contributed by atoms with Gasteiger partial charge >= 0.3 is 18.0 Å². The predicted octanol–water partition coefficient (Wildman–Crippen LogP) is 1.26. The summed E-state index contributed by atoms with van der Waals surface area (Å²) < 4.78 is 5.29. The Bertz CT molecular complexity index is 518. The van der Waals surface area contributed by atoms with Gasteiger partial charge in [0, 0.05) is 11.0 Å². The second kappa shape index (κ2) is 8.25. The quantitative estimate of drug-likeness (QED) is 0.664. The predicted molar refractivity (Wildman–Crippen MR) is 77.6 cm³/mol. The number of aliphatic carboxylic acids is 1. The van der Waals surface area contributed by atoms with Crippen molar-refractivity contribution in [2.75, 3.05) is 7.11 Å². The molecule has 21 heavy (non-hydrogen) atoms. The van der Waals surface area contributed by atoms with Gasteiger partial charge in [0.25, 0.3) is 0 Å². The number of benzene rings is 1. The summed E-state index contributed by atoms with van der Waals surface area (Å²) in [5.41, 5.74) is 0.855. The van der Waals surface area contributed by atoms with E-state index in [0.717, 1.165) is 17.1 Å². The second-order valence-electron chi connectivity index (χ2n) is 4.12. The highest BCUT2D eigenvalue weighted by Gasteiger charge is 2.23. The summed E-state index contributed by atoms with van der Waals surface area (Å²) in [7, 11) is 1.15. The molecule has 0 aromatic heterocycles. The lowest BCUT2D eigenvalue weighted by Gasteiger charge is -2.14. The lowest BCUT2D eigenvalue weighted by Crippen LogP contribution is -2.46. The van der Waals surface area contributed by atoms with Crippen LogP contribution in [-0.2, 0) is 20.9 Å². The number of halogens is 1. The van der Waals surface area contributed by atoms with Gasteiger partial charge in [0.15, 0.2) is 0 Å². The fourth-order valence-corrected chi connectivity index (χ4v) is 1.71. The number of ether oxygens (including phenoxy) is 1. The van der Waals surface area contributed by atoms with Gasteiger partial charge in [-0.3, -0.25) is 4.79 Å². The van der Waals surface area contributed by atoms with E-state index in [1.165, 1.54) is 0 Å². The van der Waals surface area contributed by atoms with Gasteiger partial charge in [-0.15, -0.1) is 0 Å². The fraction of sp³-hybridized carbons (Fsp3) is 0.308. The summed E-state index contributed by atoms with van der Waals surface area (Å²) in [5, 5.41) is 13.6. The van der Waals surface area contributed by atoms with Crippen LogP contribution in [0.3, 0.4) is 0 Å². The number of rotatable bonds is 6. The first-order valence-corrected chi connectivity index (χ1v) is 6.80. The van der Waals surface area contributed by atoms with Crippen LogP contribution >= 0.6 is 15.9 Å². The average molecular weight is 359 g/mol.